The summed E-state index contributed by atoms with van der Waals surface area (Å²) in [6.45, 7) is 0. The Balaban J connectivity index is 2.13. The summed E-state index contributed by atoms with van der Waals surface area (Å²) in [4.78, 5) is 0. The van der Waals surface area contributed by atoms with E-state index in [4.69, 9.17) is 4.42 Å². The lowest BCUT2D eigenvalue weighted by Crippen LogP contribution is -2.29. The molecule has 0 saturated heterocycles. The Hall–Kier alpha value is -2.30. The summed E-state index contributed by atoms with van der Waals surface area (Å²) < 4.78 is 5.83. The second-order valence-electron chi connectivity index (χ2n) is 4.93. The largest absolute Gasteiger partial charge is 0.488 e. The van der Waals surface area contributed by atoms with Gasteiger partial charge in [-0.1, -0.05) is 36.4 Å². The highest BCUT2D eigenvalue weighted by Gasteiger charge is 2.14. The predicted octanol–water partition coefficient (Wildman–Crippen LogP) is 2.42. The molecule has 3 nitrogen and oxygen atoms in total. The number of rotatable bonds is 1. The van der Waals surface area contributed by atoms with E-state index in [0.29, 0.717) is 5.46 Å². The van der Waals surface area contributed by atoms with E-state index in [1.165, 1.54) is 0 Å². The molecule has 4 aromatic rings. The molecule has 0 aliphatic rings. The topological polar surface area (TPSA) is 53.6 Å². The monoisotopic (exact) mass is 262 g/mol. The summed E-state index contributed by atoms with van der Waals surface area (Å²) in [6.07, 6.45) is 0. The molecule has 0 unspecified atom stereocenters. The molecule has 2 N–H and O–H groups in total. The van der Waals surface area contributed by atoms with Gasteiger partial charge in [0.25, 0.3) is 0 Å². The maximum atomic E-state index is 9.29. The van der Waals surface area contributed by atoms with Crippen molar-refractivity contribution in [2.24, 2.45) is 0 Å². The normalized spacial score (nSPS) is 11.5. The molecular weight excluding hydrogens is 251 g/mol. The summed E-state index contributed by atoms with van der Waals surface area (Å²) in [5, 5.41) is 22.7. The summed E-state index contributed by atoms with van der Waals surface area (Å²) >= 11 is 0. The van der Waals surface area contributed by atoms with Crippen LogP contribution in [0.2, 0.25) is 0 Å². The van der Waals surface area contributed by atoms with Crippen molar-refractivity contribution in [2.45, 2.75) is 0 Å². The Bertz CT molecular complexity index is 940. The number of hydrogen-bond acceptors (Lipinski definition) is 3. The van der Waals surface area contributed by atoms with E-state index in [0.717, 1.165) is 32.7 Å². The summed E-state index contributed by atoms with van der Waals surface area (Å²) in [7, 11) is -1.47. The maximum Gasteiger partial charge on any atom is 0.488 e. The van der Waals surface area contributed by atoms with Gasteiger partial charge in [0.15, 0.2) is 0 Å². The lowest BCUT2D eigenvalue weighted by molar-refractivity contribution is 0.426. The summed E-state index contributed by atoms with van der Waals surface area (Å²) in [5.74, 6) is 0. The van der Waals surface area contributed by atoms with Crippen molar-refractivity contribution in [3.8, 4) is 0 Å². The summed E-state index contributed by atoms with van der Waals surface area (Å²) in [6, 6.07) is 17.4. The molecular formula is C16H11BO3. The Morgan fingerprint density at radius 2 is 1.45 bits per heavy atom. The van der Waals surface area contributed by atoms with Crippen molar-refractivity contribution in [1.29, 1.82) is 0 Å². The van der Waals surface area contributed by atoms with E-state index in [1.54, 1.807) is 18.2 Å². The Labute approximate surface area is 115 Å². The van der Waals surface area contributed by atoms with E-state index >= 15 is 0 Å². The highest BCUT2D eigenvalue weighted by molar-refractivity contribution is 6.59. The highest BCUT2D eigenvalue weighted by Crippen LogP contribution is 2.31. The van der Waals surface area contributed by atoms with Crippen LogP contribution in [0.5, 0.6) is 0 Å². The zero-order valence-electron chi connectivity index (χ0n) is 10.6. The van der Waals surface area contributed by atoms with Crippen LogP contribution >= 0.6 is 0 Å². The predicted molar refractivity (Wildman–Crippen MR) is 81.1 cm³/mol. The zero-order valence-corrected chi connectivity index (χ0v) is 10.6. The molecule has 0 spiro atoms. The Morgan fingerprint density at radius 1 is 0.750 bits per heavy atom. The van der Waals surface area contributed by atoms with Gasteiger partial charge in [-0.2, -0.15) is 0 Å². The van der Waals surface area contributed by atoms with Crippen LogP contribution in [0, 0.1) is 0 Å². The molecule has 0 atom stereocenters. The minimum atomic E-state index is -1.47. The molecule has 0 radical (unpaired) electrons. The fourth-order valence-corrected chi connectivity index (χ4v) is 2.64. The standard InChI is InChI=1S/C16H11BO3/c18-17(19)12-5-6-15-14(9-12)13-7-10-3-1-2-4-11(10)8-16(13)20-15/h1-9,18-19H. The van der Waals surface area contributed by atoms with E-state index in [1.807, 2.05) is 24.3 Å². The van der Waals surface area contributed by atoms with Gasteiger partial charge in [0.05, 0.1) is 0 Å². The molecule has 96 valence electrons. The molecule has 4 heteroatoms. The fourth-order valence-electron chi connectivity index (χ4n) is 2.64. The second kappa shape index (κ2) is 4.10. The van der Waals surface area contributed by atoms with E-state index in [9.17, 15) is 10.0 Å². The molecule has 0 aliphatic heterocycles. The van der Waals surface area contributed by atoms with Gasteiger partial charge in [-0.25, -0.2) is 0 Å². The van der Waals surface area contributed by atoms with Crippen LogP contribution in [-0.2, 0) is 0 Å². The Morgan fingerprint density at radius 3 is 2.20 bits per heavy atom. The van der Waals surface area contributed by atoms with Gasteiger partial charge in [0.2, 0.25) is 0 Å². The van der Waals surface area contributed by atoms with Gasteiger partial charge < -0.3 is 14.5 Å². The van der Waals surface area contributed by atoms with Gasteiger partial charge in [-0.3, -0.25) is 0 Å². The number of furan rings is 1. The molecule has 20 heavy (non-hydrogen) atoms. The summed E-state index contributed by atoms with van der Waals surface area (Å²) in [5.41, 5.74) is 2.02. The van der Waals surface area contributed by atoms with Gasteiger partial charge in [-0.15, -0.1) is 0 Å². The third kappa shape index (κ3) is 1.63. The zero-order chi connectivity index (χ0) is 13.7. The molecule has 0 bridgehead atoms. The third-order valence-corrected chi connectivity index (χ3v) is 3.66. The lowest BCUT2D eigenvalue weighted by atomic mass is 9.80. The van der Waals surface area contributed by atoms with Crippen LogP contribution in [0.15, 0.2) is 59.0 Å². The third-order valence-electron chi connectivity index (χ3n) is 3.66. The van der Waals surface area contributed by atoms with Crippen LogP contribution in [-0.4, -0.2) is 17.2 Å². The van der Waals surface area contributed by atoms with Crippen molar-refractivity contribution in [2.75, 3.05) is 0 Å². The maximum absolute atomic E-state index is 9.29. The molecule has 0 fully saturated rings. The minimum absolute atomic E-state index is 0.466. The first-order valence-corrected chi connectivity index (χ1v) is 6.43. The SMILES string of the molecule is OB(O)c1ccc2oc3cc4ccccc4cc3c2c1. The second-order valence-corrected chi connectivity index (χ2v) is 4.93. The van der Waals surface area contributed by atoms with Crippen LogP contribution in [0.1, 0.15) is 0 Å². The van der Waals surface area contributed by atoms with Crippen molar-refractivity contribution in [3.05, 3.63) is 54.6 Å². The number of benzene rings is 3. The fraction of sp³-hybridized carbons (Fsp3) is 0. The first kappa shape index (κ1) is 11.5. The highest BCUT2D eigenvalue weighted by atomic mass is 16.4. The molecule has 1 heterocycles. The van der Waals surface area contributed by atoms with E-state index in [2.05, 4.69) is 12.1 Å². The van der Waals surface area contributed by atoms with Crippen LogP contribution in [0.25, 0.3) is 32.7 Å². The van der Waals surface area contributed by atoms with Gasteiger partial charge in [0.1, 0.15) is 11.2 Å². The first-order valence-electron chi connectivity index (χ1n) is 6.43. The van der Waals surface area contributed by atoms with Gasteiger partial charge >= 0.3 is 7.12 Å². The first-order chi connectivity index (χ1) is 9.72. The Kier molecular flexibility index (Phi) is 2.36. The molecule has 0 aliphatic carbocycles. The lowest BCUT2D eigenvalue weighted by Gasteiger charge is -1.99. The smallest absolute Gasteiger partial charge is 0.456 e. The van der Waals surface area contributed by atoms with Crippen molar-refractivity contribution < 1.29 is 14.5 Å². The number of fused-ring (bicyclic) bond motifs is 4. The van der Waals surface area contributed by atoms with E-state index < -0.39 is 7.12 Å². The van der Waals surface area contributed by atoms with Crippen LogP contribution < -0.4 is 5.46 Å². The van der Waals surface area contributed by atoms with Crippen molar-refractivity contribution in [3.63, 3.8) is 0 Å². The van der Waals surface area contributed by atoms with Crippen LogP contribution in [0.3, 0.4) is 0 Å². The van der Waals surface area contributed by atoms with Gasteiger partial charge in [-0.05, 0) is 34.4 Å². The minimum Gasteiger partial charge on any atom is -0.456 e. The average Bonchev–Trinajstić information content (AvgIpc) is 2.81. The molecule has 1 aromatic heterocycles. The van der Waals surface area contributed by atoms with Gasteiger partial charge in [0, 0.05) is 10.8 Å². The van der Waals surface area contributed by atoms with Crippen molar-refractivity contribution in [1.82, 2.24) is 0 Å². The molecule has 0 amide bonds. The van der Waals surface area contributed by atoms with Crippen LogP contribution in [0.4, 0.5) is 0 Å². The average molecular weight is 262 g/mol. The number of hydrogen-bond donors (Lipinski definition) is 2. The molecule has 4 rings (SSSR count). The quantitative estimate of drug-likeness (QED) is 0.518. The molecule has 3 aromatic carbocycles. The van der Waals surface area contributed by atoms with Crippen molar-refractivity contribution >= 4 is 45.3 Å². The molecule has 0 saturated carbocycles. The van der Waals surface area contributed by atoms with E-state index in [-0.39, 0.29) is 0 Å².